The minimum Gasteiger partial charge on any atom is -0.171 e. The number of halogens is 3. The number of alkyl halides is 3. The molecule has 0 bridgehead atoms. The number of hydrogen-bond donors (Lipinski definition) is 0. The minimum absolute atomic E-state index is 0.0695. The van der Waals surface area contributed by atoms with Crippen LogP contribution in [0.5, 0.6) is 0 Å². The Morgan fingerprint density at radius 2 is 2.00 bits per heavy atom. The average molecular weight is 180 g/mol. The topological polar surface area (TPSA) is 0 Å². The fourth-order valence-electron chi connectivity index (χ4n) is 1.59. The Balaban J connectivity index is 2.25. The summed E-state index contributed by atoms with van der Waals surface area (Å²) in [4.78, 5) is 0. The molecule has 0 spiro atoms. The Hall–Kier alpha value is -0.210. The van der Waals surface area contributed by atoms with Gasteiger partial charge in [-0.15, -0.1) is 0 Å². The second-order valence-electron chi connectivity index (χ2n) is 3.89. The third-order valence-electron chi connectivity index (χ3n) is 2.75. The van der Waals surface area contributed by atoms with Crippen molar-refractivity contribution in [1.29, 1.82) is 0 Å². The molecule has 3 heteroatoms. The molecule has 0 aromatic heterocycles. The molecule has 3 unspecified atom stereocenters. The first-order chi connectivity index (χ1) is 5.45. The molecule has 12 heavy (non-hydrogen) atoms. The van der Waals surface area contributed by atoms with Crippen molar-refractivity contribution < 1.29 is 13.2 Å². The molecule has 1 rings (SSSR count). The van der Waals surface area contributed by atoms with E-state index in [9.17, 15) is 13.2 Å². The van der Waals surface area contributed by atoms with Gasteiger partial charge in [0.2, 0.25) is 0 Å². The van der Waals surface area contributed by atoms with E-state index in [-0.39, 0.29) is 5.92 Å². The zero-order valence-electron chi connectivity index (χ0n) is 7.49. The van der Waals surface area contributed by atoms with Gasteiger partial charge in [-0.1, -0.05) is 20.3 Å². The van der Waals surface area contributed by atoms with Gasteiger partial charge in [0.1, 0.15) is 0 Å². The predicted molar refractivity (Wildman–Crippen MR) is 41.7 cm³/mol. The van der Waals surface area contributed by atoms with E-state index in [2.05, 4.69) is 0 Å². The Labute approximate surface area is 71.1 Å². The second-order valence-corrected chi connectivity index (χ2v) is 3.89. The Morgan fingerprint density at radius 3 is 2.33 bits per heavy atom. The Morgan fingerprint density at radius 1 is 1.42 bits per heavy atom. The molecule has 1 fully saturated rings. The van der Waals surface area contributed by atoms with E-state index in [1.807, 2.05) is 13.8 Å². The number of rotatable bonds is 3. The highest BCUT2D eigenvalue weighted by atomic mass is 19.4. The molecule has 0 aliphatic heterocycles. The van der Waals surface area contributed by atoms with Crippen LogP contribution in [0, 0.1) is 17.8 Å². The monoisotopic (exact) mass is 180 g/mol. The van der Waals surface area contributed by atoms with Crippen LogP contribution < -0.4 is 0 Å². The second kappa shape index (κ2) is 3.27. The lowest BCUT2D eigenvalue weighted by Gasteiger charge is -2.08. The van der Waals surface area contributed by atoms with Crippen LogP contribution in [-0.2, 0) is 0 Å². The summed E-state index contributed by atoms with van der Waals surface area (Å²) in [5.41, 5.74) is 0. The summed E-state index contributed by atoms with van der Waals surface area (Å²) in [6, 6.07) is 0. The smallest absolute Gasteiger partial charge is 0.171 e. The van der Waals surface area contributed by atoms with Crippen LogP contribution in [0.3, 0.4) is 0 Å². The van der Waals surface area contributed by atoms with Gasteiger partial charge in [-0.3, -0.25) is 0 Å². The highest BCUT2D eigenvalue weighted by molar-refractivity contribution is 4.91. The fraction of sp³-hybridized carbons (Fsp3) is 1.00. The van der Waals surface area contributed by atoms with Crippen molar-refractivity contribution in [2.24, 2.45) is 17.8 Å². The van der Waals surface area contributed by atoms with Crippen molar-refractivity contribution in [3.63, 3.8) is 0 Å². The molecule has 3 atom stereocenters. The van der Waals surface area contributed by atoms with Gasteiger partial charge in [0.15, 0.2) is 0 Å². The van der Waals surface area contributed by atoms with E-state index >= 15 is 0 Å². The summed E-state index contributed by atoms with van der Waals surface area (Å²) >= 11 is 0. The number of hydrogen-bond acceptors (Lipinski definition) is 0. The summed E-state index contributed by atoms with van der Waals surface area (Å²) in [5.74, 6) is -0.603. The average Bonchev–Trinajstić information content (AvgIpc) is 2.66. The SMILES string of the molecule is CCC(C)CC1CC1C(F)(F)F. The first-order valence-corrected chi connectivity index (χ1v) is 4.51. The normalized spacial score (nSPS) is 31.8. The van der Waals surface area contributed by atoms with Crippen molar-refractivity contribution in [2.45, 2.75) is 39.3 Å². The maximum atomic E-state index is 12.0. The van der Waals surface area contributed by atoms with Gasteiger partial charge in [0.25, 0.3) is 0 Å². The zero-order chi connectivity index (χ0) is 9.35. The zero-order valence-corrected chi connectivity index (χ0v) is 7.49. The van der Waals surface area contributed by atoms with E-state index in [1.54, 1.807) is 0 Å². The first-order valence-electron chi connectivity index (χ1n) is 4.51. The van der Waals surface area contributed by atoms with Gasteiger partial charge >= 0.3 is 6.18 Å². The van der Waals surface area contributed by atoms with Crippen LogP contribution in [0.4, 0.5) is 13.2 Å². The van der Waals surface area contributed by atoms with Crippen molar-refractivity contribution in [2.75, 3.05) is 0 Å². The van der Waals surface area contributed by atoms with Crippen molar-refractivity contribution in [3.8, 4) is 0 Å². The Bertz CT molecular complexity index is 150. The molecular weight excluding hydrogens is 165 g/mol. The predicted octanol–water partition coefficient (Wildman–Crippen LogP) is 3.62. The minimum atomic E-state index is -3.93. The third-order valence-corrected chi connectivity index (χ3v) is 2.75. The van der Waals surface area contributed by atoms with E-state index in [0.29, 0.717) is 12.3 Å². The van der Waals surface area contributed by atoms with Crippen LogP contribution >= 0.6 is 0 Å². The van der Waals surface area contributed by atoms with Gasteiger partial charge < -0.3 is 0 Å². The summed E-state index contributed by atoms with van der Waals surface area (Å²) in [7, 11) is 0. The Kier molecular flexibility index (Phi) is 2.69. The lowest BCUT2D eigenvalue weighted by Crippen LogP contribution is -2.12. The lowest BCUT2D eigenvalue weighted by molar-refractivity contribution is -0.151. The molecule has 0 radical (unpaired) electrons. The molecule has 0 aromatic rings. The summed E-state index contributed by atoms with van der Waals surface area (Å²) in [5, 5.41) is 0. The van der Waals surface area contributed by atoms with Crippen molar-refractivity contribution in [1.82, 2.24) is 0 Å². The maximum Gasteiger partial charge on any atom is 0.392 e. The standard InChI is InChI=1S/C9H15F3/c1-3-6(2)4-7-5-8(7)9(10,11)12/h6-8H,3-5H2,1-2H3. The fourth-order valence-corrected chi connectivity index (χ4v) is 1.59. The van der Waals surface area contributed by atoms with E-state index in [4.69, 9.17) is 0 Å². The van der Waals surface area contributed by atoms with Crippen molar-refractivity contribution in [3.05, 3.63) is 0 Å². The van der Waals surface area contributed by atoms with E-state index in [0.717, 1.165) is 12.8 Å². The van der Waals surface area contributed by atoms with Crippen molar-refractivity contribution >= 4 is 0 Å². The molecule has 0 saturated heterocycles. The van der Waals surface area contributed by atoms with Crippen LogP contribution in [0.1, 0.15) is 33.1 Å². The van der Waals surface area contributed by atoms with Gasteiger partial charge in [-0.25, -0.2) is 0 Å². The van der Waals surface area contributed by atoms with Crippen LogP contribution in [-0.4, -0.2) is 6.18 Å². The van der Waals surface area contributed by atoms with Gasteiger partial charge in [0.05, 0.1) is 5.92 Å². The quantitative estimate of drug-likeness (QED) is 0.622. The maximum absolute atomic E-state index is 12.0. The van der Waals surface area contributed by atoms with Gasteiger partial charge in [-0.05, 0) is 24.7 Å². The molecule has 0 N–H and O–H groups in total. The van der Waals surface area contributed by atoms with E-state index < -0.39 is 12.1 Å². The molecule has 1 aliphatic carbocycles. The molecule has 0 amide bonds. The molecule has 72 valence electrons. The summed E-state index contributed by atoms with van der Waals surface area (Å²) in [6.07, 6.45) is -1.83. The summed E-state index contributed by atoms with van der Waals surface area (Å²) in [6.45, 7) is 4.04. The molecule has 0 heterocycles. The van der Waals surface area contributed by atoms with Crippen LogP contribution in [0.2, 0.25) is 0 Å². The lowest BCUT2D eigenvalue weighted by atomic mass is 10.0. The molecular formula is C9H15F3. The highest BCUT2D eigenvalue weighted by Gasteiger charge is 2.55. The highest BCUT2D eigenvalue weighted by Crippen LogP contribution is 2.52. The molecule has 1 saturated carbocycles. The van der Waals surface area contributed by atoms with Gasteiger partial charge in [0, 0.05) is 0 Å². The molecule has 1 aliphatic rings. The van der Waals surface area contributed by atoms with E-state index in [1.165, 1.54) is 0 Å². The third kappa shape index (κ3) is 2.39. The summed E-state index contributed by atoms with van der Waals surface area (Å²) < 4.78 is 36.1. The van der Waals surface area contributed by atoms with Crippen LogP contribution in [0.25, 0.3) is 0 Å². The molecule has 0 nitrogen and oxygen atoms in total. The molecule has 0 aromatic carbocycles. The largest absolute Gasteiger partial charge is 0.392 e. The van der Waals surface area contributed by atoms with Crippen LogP contribution in [0.15, 0.2) is 0 Å². The van der Waals surface area contributed by atoms with Gasteiger partial charge in [-0.2, -0.15) is 13.2 Å². The first kappa shape index (κ1) is 9.87.